The molecule has 0 radical (unpaired) electrons. The number of anilines is 1. The molecule has 150 valence electrons. The summed E-state index contributed by atoms with van der Waals surface area (Å²) < 4.78 is 5.34. The summed E-state index contributed by atoms with van der Waals surface area (Å²) in [7, 11) is 0. The lowest BCUT2D eigenvalue weighted by Crippen LogP contribution is -2.41. The largest absolute Gasteiger partial charge is 0.448 e. The fourth-order valence-corrected chi connectivity index (χ4v) is 2.90. The summed E-state index contributed by atoms with van der Waals surface area (Å²) in [6.45, 7) is 5.54. The Morgan fingerprint density at radius 1 is 1.03 bits per heavy atom. The van der Waals surface area contributed by atoms with Gasteiger partial charge >= 0.3 is 6.09 Å². The molecule has 2 N–H and O–H groups in total. The molecule has 0 bridgehead atoms. The summed E-state index contributed by atoms with van der Waals surface area (Å²) in [4.78, 5) is 29.2. The van der Waals surface area contributed by atoms with Crippen LogP contribution >= 0.6 is 0 Å². The molecular weight excluding hydrogens is 366 g/mol. The highest BCUT2D eigenvalue weighted by molar-refractivity contribution is 5.98. The molecule has 3 rings (SSSR count). The summed E-state index contributed by atoms with van der Waals surface area (Å²) in [5, 5.41) is 7.64. The number of rotatable bonds is 5. The van der Waals surface area contributed by atoms with Crippen molar-refractivity contribution in [1.29, 1.82) is 0 Å². The Kier molecular flexibility index (Phi) is 6.12. The van der Waals surface area contributed by atoms with E-state index in [1.54, 1.807) is 12.4 Å². The summed E-state index contributed by atoms with van der Waals surface area (Å²) in [6, 6.07) is 16.8. The van der Waals surface area contributed by atoms with Crippen molar-refractivity contribution in [3.63, 3.8) is 0 Å². The molecule has 2 amide bonds. The van der Waals surface area contributed by atoms with E-state index in [2.05, 4.69) is 15.6 Å². The van der Waals surface area contributed by atoms with E-state index < -0.39 is 17.6 Å². The van der Waals surface area contributed by atoms with Gasteiger partial charge in [-0.1, -0.05) is 36.4 Å². The third-order valence-corrected chi connectivity index (χ3v) is 4.28. The lowest BCUT2D eigenvalue weighted by atomic mass is 9.99. The molecule has 29 heavy (non-hydrogen) atoms. The predicted molar refractivity (Wildman–Crippen MR) is 114 cm³/mol. The van der Waals surface area contributed by atoms with Crippen molar-refractivity contribution in [2.45, 2.75) is 32.2 Å². The van der Waals surface area contributed by atoms with Gasteiger partial charge in [0.05, 0.1) is 5.92 Å². The topological polar surface area (TPSA) is 80.3 Å². The van der Waals surface area contributed by atoms with Crippen LogP contribution in [0.3, 0.4) is 0 Å². The number of hydrogen-bond acceptors (Lipinski definition) is 4. The molecule has 1 aromatic heterocycles. The number of carbonyl (C=O) groups excluding carboxylic acids is 2. The number of fused-ring (bicyclic) bond motifs is 1. The van der Waals surface area contributed by atoms with Crippen molar-refractivity contribution in [1.82, 2.24) is 10.3 Å². The normalized spacial score (nSPS) is 12.2. The van der Waals surface area contributed by atoms with Gasteiger partial charge in [0, 0.05) is 29.0 Å². The second-order valence-corrected chi connectivity index (χ2v) is 7.86. The van der Waals surface area contributed by atoms with Crippen molar-refractivity contribution in [2.75, 3.05) is 11.9 Å². The molecule has 6 heteroatoms. The number of ether oxygens (including phenoxy) is 1. The Morgan fingerprint density at radius 3 is 2.52 bits per heavy atom. The Balaban J connectivity index is 1.75. The van der Waals surface area contributed by atoms with Crippen LogP contribution in [-0.2, 0) is 9.53 Å². The number of hydrogen-bond donors (Lipinski definition) is 2. The molecule has 0 fully saturated rings. The molecule has 0 saturated carbocycles. The summed E-state index contributed by atoms with van der Waals surface area (Å²) >= 11 is 0. The van der Waals surface area contributed by atoms with E-state index in [0.717, 1.165) is 16.3 Å². The van der Waals surface area contributed by atoms with Crippen LogP contribution < -0.4 is 10.6 Å². The maximum Gasteiger partial charge on any atom is 0.407 e. The van der Waals surface area contributed by atoms with Gasteiger partial charge in [0.2, 0.25) is 5.91 Å². The van der Waals surface area contributed by atoms with Crippen molar-refractivity contribution < 1.29 is 14.3 Å². The second kappa shape index (κ2) is 8.73. The molecular formula is C23H25N3O3. The molecule has 1 unspecified atom stereocenters. The van der Waals surface area contributed by atoms with Gasteiger partial charge in [0.15, 0.2) is 0 Å². The molecule has 1 heterocycles. The van der Waals surface area contributed by atoms with Crippen LogP contribution in [0, 0.1) is 0 Å². The van der Waals surface area contributed by atoms with Gasteiger partial charge in [0.1, 0.15) is 6.61 Å². The summed E-state index contributed by atoms with van der Waals surface area (Å²) in [5.41, 5.74) is 1.04. The van der Waals surface area contributed by atoms with Gasteiger partial charge in [-0.25, -0.2) is 4.79 Å². The highest BCUT2D eigenvalue weighted by atomic mass is 16.5. The van der Waals surface area contributed by atoms with Crippen LogP contribution in [0.1, 0.15) is 32.3 Å². The maximum atomic E-state index is 13.0. The Morgan fingerprint density at radius 2 is 1.79 bits per heavy atom. The van der Waals surface area contributed by atoms with Crippen LogP contribution in [0.15, 0.2) is 67.0 Å². The zero-order chi connectivity index (χ0) is 20.9. The molecule has 0 aliphatic rings. The number of nitrogens with zero attached hydrogens (tertiary/aromatic N) is 1. The van der Waals surface area contributed by atoms with E-state index in [1.807, 2.05) is 75.4 Å². The van der Waals surface area contributed by atoms with E-state index in [1.165, 1.54) is 0 Å². The average molecular weight is 391 g/mol. The highest BCUT2D eigenvalue weighted by Gasteiger charge is 2.24. The van der Waals surface area contributed by atoms with Crippen molar-refractivity contribution >= 4 is 28.5 Å². The van der Waals surface area contributed by atoms with Gasteiger partial charge in [0.25, 0.3) is 0 Å². The molecule has 0 spiro atoms. The molecule has 6 nitrogen and oxygen atoms in total. The number of carbonyl (C=O) groups is 2. The zero-order valence-electron chi connectivity index (χ0n) is 16.8. The Bertz CT molecular complexity index is 997. The number of amides is 2. The third-order valence-electron chi connectivity index (χ3n) is 4.28. The van der Waals surface area contributed by atoms with E-state index in [9.17, 15) is 9.59 Å². The fraction of sp³-hybridized carbons (Fsp3) is 0.261. The van der Waals surface area contributed by atoms with Crippen molar-refractivity contribution in [3.05, 3.63) is 72.6 Å². The number of nitrogens with one attached hydrogen (secondary N) is 2. The first kappa shape index (κ1) is 20.3. The third kappa shape index (κ3) is 5.78. The maximum absolute atomic E-state index is 13.0. The Labute approximate surface area is 170 Å². The van der Waals surface area contributed by atoms with E-state index in [-0.39, 0.29) is 12.5 Å². The molecule has 0 saturated heterocycles. The van der Waals surface area contributed by atoms with Crippen molar-refractivity contribution in [2.24, 2.45) is 0 Å². The number of alkyl carbamates (subject to hydrolysis) is 1. The minimum absolute atomic E-state index is 0.0603. The monoisotopic (exact) mass is 391 g/mol. The minimum Gasteiger partial charge on any atom is -0.448 e. The van der Waals surface area contributed by atoms with Crippen LogP contribution in [0.4, 0.5) is 10.5 Å². The van der Waals surface area contributed by atoms with Crippen LogP contribution in [0.25, 0.3) is 10.8 Å². The second-order valence-electron chi connectivity index (χ2n) is 7.86. The van der Waals surface area contributed by atoms with Crippen LogP contribution in [0.5, 0.6) is 0 Å². The Hall–Kier alpha value is -3.41. The van der Waals surface area contributed by atoms with Gasteiger partial charge in [-0.3, -0.25) is 9.78 Å². The van der Waals surface area contributed by atoms with Gasteiger partial charge in [-0.2, -0.15) is 0 Å². The standard InChI is InChI=1S/C23H25N3O3/c1-23(2,3)26-22(28)29-15-20(16-7-5-4-6-8-16)21(27)25-19-10-9-18-14-24-12-11-17(18)13-19/h4-14,20H,15H2,1-3H3,(H,25,27)(H,26,28). The van der Waals surface area contributed by atoms with Crippen LogP contribution in [-0.4, -0.2) is 29.1 Å². The van der Waals surface area contributed by atoms with Gasteiger partial charge in [-0.05, 0) is 49.9 Å². The predicted octanol–water partition coefficient (Wildman–Crippen LogP) is 4.48. The van der Waals surface area contributed by atoms with Crippen molar-refractivity contribution in [3.8, 4) is 0 Å². The first-order valence-corrected chi connectivity index (χ1v) is 9.46. The van der Waals surface area contributed by atoms with E-state index >= 15 is 0 Å². The van der Waals surface area contributed by atoms with E-state index in [4.69, 9.17) is 4.74 Å². The average Bonchev–Trinajstić information content (AvgIpc) is 2.67. The lowest BCUT2D eigenvalue weighted by Gasteiger charge is -2.22. The van der Waals surface area contributed by atoms with Crippen LogP contribution in [0.2, 0.25) is 0 Å². The molecule has 0 aliphatic heterocycles. The summed E-state index contributed by atoms with van der Waals surface area (Å²) in [5.74, 6) is -0.872. The zero-order valence-corrected chi connectivity index (χ0v) is 16.8. The quantitative estimate of drug-likeness (QED) is 0.672. The smallest absolute Gasteiger partial charge is 0.407 e. The number of pyridine rings is 1. The van der Waals surface area contributed by atoms with Gasteiger partial charge < -0.3 is 15.4 Å². The van der Waals surface area contributed by atoms with Gasteiger partial charge in [-0.15, -0.1) is 0 Å². The van der Waals surface area contributed by atoms with E-state index in [0.29, 0.717) is 5.69 Å². The first-order valence-electron chi connectivity index (χ1n) is 9.46. The first-order chi connectivity index (χ1) is 13.8. The molecule has 3 aromatic rings. The highest BCUT2D eigenvalue weighted by Crippen LogP contribution is 2.22. The number of aromatic nitrogens is 1. The SMILES string of the molecule is CC(C)(C)NC(=O)OCC(C(=O)Nc1ccc2cnccc2c1)c1ccccc1. The minimum atomic E-state index is -0.630. The number of benzene rings is 2. The lowest BCUT2D eigenvalue weighted by molar-refractivity contribution is -0.118. The molecule has 1 atom stereocenters. The molecule has 2 aromatic carbocycles. The summed E-state index contributed by atoms with van der Waals surface area (Å²) in [6.07, 6.45) is 2.93. The fourth-order valence-electron chi connectivity index (χ4n) is 2.90. The molecule has 0 aliphatic carbocycles.